The summed E-state index contributed by atoms with van der Waals surface area (Å²) in [6.07, 6.45) is 4.48. The third-order valence-electron chi connectivity index (χ3n) is 4.20. The number of likely N-dealkylation sites (tertiary alicyclic amines) is 1. The van der Waals surface area contributed by atoms with E-state index >= 15 is 0 Å². The first kappa shape index (κ1) is 17.2. The van der Waals surface area contributed by atoms with Crippen molar-refractivity contribution in [2.24, 2.45) is 13.0 Å². The summed E-state index contributed by atoms with van der Waals surface area (Å²) in [5, 5.41) is 18.5. The van der Waals surface area contributed by atoms with Crippen LogP contribution in [0, 0.1) is 5.92 Å². The molecular weight excluding hydrogens is 348 g/mol. The Bertz CT molecular complexity index is 695. The van der Waals surface area contributed by atoms with Crippen molar-refractivity contribution in [2.75, 3.05) is 24.6 Å². The zero-order valence-corrected chi connectivity index (χ0v) is 15.0. The predicted octanol–water partition coefficient (Wildman–Crippen LogP) is 0.918. The predicted molar refractivity (Wildman–Crippen MR) is 92.5 cm³/mol. The third kappa shape index (κ3) is 3.87. The van der Waals surface area contributed by atoms with E-state index in [2.05, 4.69) is 15.2 Å². The summed E-state index contributed by atoms with van der Waals surface area (Å²) in [7, 11) is 1.88. The average molecular weight is 368 g/mol. The van der Waals surface area contributed by atoms with Gasteiger partial charge in [0.15, 0.2) is 4.34 Å². The van der Waals surface area contributed by atoms with Crippen LogP contribution < -0.4 is 5.73 Å². The largest absolute Gasteiger partial charge is 0.385 e. The molecule has 10 heteroatoms. The minimum absolute atomic E-state index is 0.0821. The van der Waals surface area contributed by atoms with Crippen molar-refractivity contribution in [1.82, 2.24) is 24.6 Å². The fourth-order valence-electron chi connectivity index (χ4n) is 2.83. The van der Waals surface area contributed by atoms with E-state index in [1.807, 2.05) is 22.7 Å². The number of aliphatic hydroxyl groups is 1. The number of hydrogen-bond donors (Lipinski definition) is 2. The molecule has 0 saturated carbocycles. The molecule has 0 aromatic carbocycles. The van der Waals surface area contributed by atoms with E-state index in [9.17, 15) is 9.90 Å². The van der Waals surface area contributed by atoms with Gasteiger partial charge in [0, 0.05) is 32.5 Å². The third-order valence-corrected chi connectivity index (χ3v) is 6.07. The lowest BCUT2D eigenvalue weighted by atomic mass is 9.90. The van der Waals surface area contributed by atoms with Gasteiger partial charge in [0.2, 0.25) is 11.0 Å². The number of hydrogen-bond acceptors (Lipinski definition) is 8. The van der Waals surface area contributed by atoms with E-state index in [1.54, 1.807) is 6.20 Å². The number of rotatable bonds is 5. The van der Waals surface area contributed by atoms with E-state index in [1.165, 1.54) is 23.1 Å². The molecule has 2 aromatic rings. The highest BCUT2D eigenvalue weighted by Gasteiger charge is 2.30. The molecule has 1 atom stereocenters. The number of carbonyl (C=O) groups excluding carboxylic acids is 1. The molecule has 0 aliphatic carbocycles. The van der Waals surface area contributed by atoms with Crippen LogP contribution in [-0.4, -0.2) is 54.5 Å². The maximum Gasteiger partial charge on any atom is 0.233 e. The minimum Gasteiger partial charge on any atom is -0.385 e. The van der Waals surface area contributed by atoms with Crippen molar-refractivity contribution < 1.29 is 9.90 Å². The molecule has 0 spiro atoms. The molecule has 1 unspecified atom stereocenters. The van der Waals surface area contributed by atoms with Crippen LogP contribution in [0.2, 0.25) is 0 Å². The molecule has 0 bridgehead atoms. The normalized spacial score (nSPS) is 17.2. The van der Waals surface area contributed by atoms with Crippen LogP contribution in [0.1, 0.15) is 24.8 Å². The first-order valence-electron chi connectivity index (χ1n) is 7.69. The van der Waals surface area contributed by atoms with Crippen LogP contribution in [0.5, 0.6) is 0 Å². The Morgan fingerprint density at radius 3 is 2.83 bits per heavy atom. The van der Waals surface area contributed by atoms with Gasteiger partial charge in [-0.3, -0.25) is 4.79 Å². The summed E-state index contributed by atoms with van der Waals surface area (Å²) in [5.41, 5.74) is 5.53. The van der Waals surface area contributed by atoms with E-state index in [0.29, 0.717) is 34.1 Å². The highest BCUT2D eigenvalue weighted by Crippen LogP contribution is 2.30. The Hall–Kier alpha value is -1.65. The number of carbonyl (C=O) groups is 1. The second-order valence-corrected chi connectivity index (χ2v) is 7.99. The molecule has 24 heavy (non-hydrogen) atoms. The molecule has 3 rings (SSSR count). The first-order chi connectivity index (χ1) is 11.5. The molecular formula is C14H20N6O2S2. The van der Waals surface area contributed by atoms with Gasteiger partial charge in [0.1, 0.15) is 11.9 Å². The highest BCUT2D eigenvalue weighted by molar-refractivity contribution is 8.01. The Morgan fingerprint density at radius 2 is 2.25 bits per heavy atom. The van der Waals surface area contributed by atoms with Crippen LogP contribution in [-0.2, 0) is 11.8 Å². The van der Waals surface area contributed by atoms with E-state index in [0.717, 1.165) is 12.8 Å². The summed E-state index contributed by atoms with van der Waals surface area (Å²) in [6, 6.07) is 0. The monoisotopic (exact) mass is 368 g/mol. The van der Waals surface area contributed by atoms with Crippen LogP contribution >= 0.6 is 23.1 Å². The molecule has 1 fully saturated rings. The molecule has 1 saturated heterocycles. The number of amides is 1. The minimum atomic E-state index is -0.582. The number of nitrogens with zero attached hydrogens (tertiary/aromatic N) is 5. The number of anilines is 1. The maximum absolute atomic E-state index is 12.3. The van der Waals surface area contributed by atoms with Crippen LogP contribution in [0.15, 0.2) is 16.7 Å². The van der Waals surface area contributed by atoms with E-state index < -0.39 is 6.10 Å². The lowest BCUT2D eigenvalue weighted by Crippen LogP contribution is -2.40. The summed E-state index contributed by atoms with van der Waals surface area (Å²) in [6.45, 7) is 1.31. The first-order valence-corrected chi connectivity index (χ1v) is 9.49. The maximum atomic E-state index is 12.3. The van der Waals surface area contributed by atoms with Gasteiger partial charge < -0.3 is 20.3 Å². The van der Waals surface area contributed by atoms with Crippen LogP contribution in [0.4, 0.5) is 5.13 Å². The van der Waals surface area contributed by atoms with Crippen LogP contribution in [0.25, 0.3) is 0 Å². The van der Waals surface area contributed by atoms with Gasteiger partial charge in [0.05, 0.1) is 5.75 Å². The number of thioether (sulfide) groups is 1. The number of aromatic nitrogens is 4. The van der Waals surface area contributed by atoms with Gasteiger partial charge >= 0.3 is 0 Å². The average Bonchev–Trinajstić information content (AvgIpc) is 3.20. The van der Waals surface area contributed by atoms with Gasteiger partial charge in [-0.15, -0.1) is 10.2 Å². The van der Waals surface area contributed by atoms with Crippen molar-refractivity contribution in [3.05, 3.63) is 18.2 Å². The van der Waals surface area contributed by atoms with Gasteiger partial charge in [-0.1, -0.05) is 23.1 Å². The number of imidazole rings is 1. The number of nitrogens with two attached hydrogens (primary N) is 1. The van der Waals surface area contributed by atoms with Crippen molar-refractivity contribution in [2.45, 2.75) is 23.3 Å². The van der Waals surface area contributed by atoms with Gasteiger partial charge in [-0.2, -0.15) is 0 Å². The lowest BCUT2D eigenvalue weighted by molar-refractivity contribution is -0.130. The second kappa shape index (κ2) is 7.49. The number of aliphatic hydroxyl groups excluding tert-OH is 1. The van der Waals surface area contributed by atoms with Crippen molar-refractivity contribution in [1.29, 1.82) is 0 Å². The van der Waals surface area contributed by atoms with Crippen molar-refractivity contribution in [3.63, 3.8) is 0 Å². The zero-order chi connectivity index (χ0) is 17.1. The molecule has 1 aliphatic rings. The van der Waals surface area contributed by atoms with Gasteiger partial charge in [-0.25, -0.2) is 4.98 Å². The molecule has 2 aromatic heterocycles. The number of piperidine rings is 1. The molecule has 3 heterocycles. The summed E-state index contributed by atoms with van der Waals surface area (Å²) in [4.78, 5) is 18.4. The van der Waals surface area contributed by atoms with E-state index in [-0.39, 0.29) is 11.8 Å². The van der Waals surface area contributed by atoms with E-state index in [4.69, 9.17) is 5.73 Å². The molecule has 3 N–H and O–H groups in total. The second-order valence-electron chi connectivity index (χ2n) is 5.75. The zero-order valence-electron chi connectivity index (χ0n) is 13.3. The van der Waals surface area contributed by atoms with Gasteiger partial charge in [0.25, 0.3) is 0 Å². The summed E-state index contributed by atoms with van der Waals surface area (Å²) in [5.74, 6) is 1.23. The fraction of sp³-hybridized carbons (Fsp3) is 0.571. The SMILES string of the molecule is Cn1ccnc1C(O)C1CCN(C(=O)CSc2nnc(N)s2)CC1. The Balaban J connectivity index is 1.47. The lowest BCUT2D eigenvalue weighted by Gasteiger charge is -2.34. The smallest absolute Gasteiger partial charge is 0.233 e. The number of nitrogen functional groups attached to an aromatic ring is 1. The molecule has 130 valence electrons. The summed E-state index contributed by atoms with van der Waals surface area (Å²) < 4.78 is 2.55. The fourth-order valence-corrected chi connectivity index (χ4v) is 4.37. The van der Waals surface area contributed by atoms with Gasteiger partial charge in [-0.05, 0) is 18.8 Å². The molecule has 1 aliphatic heterocycles. The molecule has 8 nitrogen and oxygen atoms in total. The molecule has 1 amide bonds. The quantitative estimate of drug-likeness (QED) is 0.755. The number of aryl methyl sites for hydroxylation is 1. The standard InChI is InChI=1S/C14H20N6O2S2/c1-19-7-4-16-12(19)11(22)9-2-5-20(6-3-9)10(21)8-23-14-18-17-13(15)24-14/h4,7,9,11,22H,2-3,5-6,8H2,1H3,(H2,15,17). The van der Waals surface area contributed by atoms with Crippen molar-refractivity contribution >= 4 is 34.1 Å². The Morgan fingerprint density at radius 1 is 1.50 bits per heavy atom. The Labute approximate surface area is 148 Å². The molecule has 0 radical (unpaired) electrons. The van der Waals surface area contributed by atoms with Crippen molar-refractivity contribution in [3.8, 4) is 0 Å². The Kier molecular flexibility index (Phi) is 5.36. The highest BCUT2D eigenvalue weighted by atomic mass is 32.2. The summed E-state index contributed by atoms with van der Waals surface area (Å²) >= 11 is 2.65. The van der Waals surface area contributed by atoms with Crippen LogP contribution in [0.3, 0.4) is 0 Å². The topological polar surface area (TPSA) is 110 Å².